The van der Waals surface area contributed by atoms with Gasteiger partial charge in [-0.05, 0) is 54.4 Å². The number of anilines is 3. The zero-order chi connectivity index (χ0) is 30.8. The fourth-order valence-corrected chi connectivity index (χ4v) is 6.28. The second-order valence-corrected chi connectivity index (χ2v) is 12.5. The summed E-state index contributed by atoms with van der Waals surface area (Å²) in [5, 5.41) is 0.247. The summed E-state index contributed by atoms with van der Waals surface area (Å²) >= 11 is 6.70. The molecule has 1 saturated heterocycles. The van der Waals surface area contributed by atoms with Gasteiger partial charge in [-0.25, -0.2) is 15.0 Å². The molecular weight excluding hydrogens is 576 g/mol. The van der Waals surface area contributed by atoms with E-state index < -0.39 is 0 Å². The first-order valence-corrected chi connectivity index (χ1v) is 15.4. The number of piperidine rings is 1. The third-order valence-corrected chi connectivity index (χ3v) is 8.88. The van der Waals surface area contributed by atoms with E-state index in [0.717, 1.165) is 61.4 Å². The molecule has 0 atom stereocenters. The van der Waals surface area contributed by atoms with Gasteiger partial charge in [0.25, 0.3) is 0 Å². The predicted octanol–water partition coefficient (Wildman–Crippen LogP) is 5.53. The zero-order valence-electron chi connectivity index (χ0n) is 25.4. The number of carbonyl (C=O) groups is 1. The molecule has 1 fully saturated rings. The first-order chi connectivity index (χ1) is 21.2. The maximum Gasteiger partial charge on any atom is 0.310 e. The van der Waals surface area contributed by atoms with Crippen LogP contribution in [0.15, 0.2) is 49.1 Å². The van der Waals surface area contributed by atoms with Crippen molar-refractivity contribution in [1.82, 2.24) is 24.9 Å². The van der Waals surface area contributed by atoms with Crippen molar-refractivity contribution >= 4 is 35.0 Å². The number of aromatic nitrogens is 5. The van der Waals surface area contributed by atoms with Crippen LogP contribution in [0.5, 0.6) is 0 Å². The molecular formula is C33H37ClN8O2. The maximum atomic E-state index is 12.7. The SMILES string of the molecule is CCOC(=O)Cc1c(Cl)nc(N)c(-c2ccc3c(c2)CCN(c2nccc(-c4cnccn4)n2)C3)c1N1CCC(C)(C)CC1. The van der Waals surface area contributed by atoms with E-state index in [4.69, 9.17) is 27.1 Å². The summed E-state index contributed by atoms with van der Waals surface area (Å²) in [5.74, 6) is 0.684. The Morgan fingerprint density at radius 2 is 1.82 bits per heavy atom. The third-order valence-electron chi connectivity index (χ3n) is 8.56. The quantitative estimate of drug-likeness (QED) is 0.211. The van der Waals surface area contributed by atoms with Crippen molar-refractivity contribution in [3.05, 3.63) is 70.9 Å². The van der Waals surface area contributed by atoms with Crippen molar-refractivity contribution in [2.24, 2.45) is 5.41 Å². The molecule has 2 aliphatic rings. The van der Waals surface area contributed by atoms with Crippen molar-refractivity contribution in [2.75, 3.05) is 41.8 Å². The van der Waals surface area contributed by atoms with Crippen molar-refractivity contribution in [2.45, 2.75) is 53.0 Å². The highest BCUT2D eigenvalue weighted by Crippen LogP contribution is 2.44. The maximum absolute atomic E-state index is 12.7. The molecule has 0 saturated carbocycles. The van der Waals surface area contributed by atoms with Gasteiger partial charge in [0.05, 0.1) is 30.6 Å². The Kier molecular flexibility index (Phi) is 8.35. The Bertz CT molecular complexity index is 1670. The lowest BCUT2D eigenvalue weighted by Crippen LogP contribution is -2.38. The predicted molar refractivity (Wildman–Crippen MR) is 172 cm³/mol. The number of nitrogens with two attached hydrogens (primary N) is 1. The van der Waals surface area contributed by atoms with Crippen LogP contribution >= 0.6 is 11.6 Å². The Hall–Kier alpha value is -4.31. The summed E-state index contributed by atoms with van der Waals surface area (Å²) in [7, 11) is 0. The first kappa shape index (κ1) is 29.7. The van der Waals surface area contributed by atoms with Gasteiger partial charge in [-0.15, -0.1) is 0 Å². The summed E-state index contributed by atoms with van der Waals surface area (Å²) < 4.78 is 5.31. The molecule has 11 heteroatoms. The lowest BCUT2D eigenvalue weighted by Gasteiger charge is -2.40. The van der Waals surface area contributed by atoms with Gasteiger partial charge in [-0.3, -0.25) is 14.8 Å². The van der Waals surface area contributed by atoms with E-state index in [1.165, 1.54) is 11.1 Å². The minimum atomic E-state index is -0.332. The minimum Gasteiger partial charge on any atom is -0.466 e. The summed E-state index contributed by atoms with van der Waals surface area (Å²) in [5.41, 5.74) is 14.1. The van der Waals surface area contributed by atoms with Crippen LogP contribution in [-0.2, 0) is 28.9 Å². The number of halogens is 1. The number of nitrogen functional groups attached to an aromatic ring is 1. The van der Waals surface area contributed by atoms with Crippen LogP contribution in [0.25, 0.3) is 22.5 Å². The van der Waals surface area contributed by atoms with Gasteiger partial charge in [0, 0.05) is 55.9 Å². The summed E-state index contributed by atoms with van der Waals surface area (Å²) in [6.07, 6.45) is 9.66. The number of benzene rings is 1. The van der Waals surface area contributed by atoms with Crippen LogP contribution in [0.4, 0.5) is 17.5 Å². The monoisotopic (exact) mass is 612 g/mol. The van der Waals surface area contributed by atoms with Crippen molar-refractivity contribution in [3.63, 3.8) is 0 Å². The molecule has 0 spiro atoms. The Morgan fingerprint density at radius 3 is 2.57 bits per heavy atom. The van der Waals surface area contributed by atoms with E-state index in [1.807, 2.05) is 6.07 Å². The summed E-state index contributed by atoms with van der Waals surface area (Å²) in [6.45, 7) is 9.80. The number of esters is 1. The molecule has 0 radical (unpaired) electrons. The topological polar surface area (TPSA) is 123 Å². The van der Waals surface area contributed by atoms with Crippen molar-refractivity contribution in [1.29, 1.82) is 0 Å². The van der Waals surface area contributed by atoms with E-state index in [1.54, 1.807) is 31.7 Å². The van der Waals surface area contributed by atoms with Crippen LogP contribution in [0.2, 0.25) is 5.15 Å². The van der Waals surface area contributed by atoms with Gasteiger partial charge in [-0.2, -0.15) is 0 Å². The Labute approximate surface area is 262 Å². The number of carbonyl (C=O) groups excluding carboxylic acids is 1. The molecule has 2 N–H and O–H groups in total. The molecule has 4 aromatic rings. The summed E-state index contributed by atoms with van der Waals surface area (Å²) in [4.78, 5) is 39.6. The highest BCUT2D eigenvalue weighted by molar-refractivity contribution is 6.31. The van der Waals surface area contributed by atoms with Crippen LogP contribution in [0, 0.1) is 5.41 Å². The normalized spacial score (nSPS) is 16.0. The highest BCUT2D eigenvalue weighted by Gasteiger charge is 2.31. The van der Waals surface area contributed by atoms with Gasteiger partial charge < -0.3 is 20.3 Å². The van der Waals surface area contributed by atoms with Crippen LogP contribution in [-0.4, -0.2) is 57.1 Å². The molecule has 5 heterocycles. The number of rotatable bonds is 7. The molecule has 1 aromatic carbocycles. The molecule has 2 aliphatic heterocycles. The largest absolute Gasteiger partial charge is 0.466 e. The van der Waals surface area contributed by atoms with E-state index in [-0.39, 0.29) is 23.0 Å². The van der Waals surface area contributed by atoms with E-state index in [2.05, 4.69) is 61.8 Å². The average Bonchev–Trinajstić information content (AvgIpc) is 3.02. The van der Waals surface area contributed by atoms with E-state index in [9.17, 15) is 4.79 Å². The molecule has 0 bridgehead atoms. The molecule has 0 aliphatic carbocycles. The van der Waals surface area contributed by atoms with Gasteiger partial charge in [-0.1, -0.05) is 43.6 Å². The second kappa shape index (κ2) is 12.4. The van der Waals surface area contributed by atoms with Crippen LogP contribution < -0.4 is 15.5 Å². The Morgan fingerprint density at radius 1 is 1.00 bits per heavy atom. The van der Waals surface area contributed by atoms with Crippen LogP contribution in [0.1, 0.15) is 50.3 Å². The van der Waals surface area contributed by atoms with Gasteiger partial charge in [0.15, 0.2) is 0 Å². The smallest absolute Gasteiger partial charge is 0.310 e. The fraction of sp³-hybridized carbons (Fsp3) is 0.394. The van der Waals surface area contributed by atoms with E-state index in [0.29, 0.717) is 36.2 Å². The molecule has 3 aromatic heterocycles. The Balaban J connectivity index is 1.34. The van der Waals surface area contributed by atoms with Gasteiger partial charge >= 0.3 is 5.97 Å². The standard InChI is InChI=1S/C33H37ClN8O2/c1-4-44-27(43)18-24-29(41-15-9-33(2,3)10-16-41)28(31(35)40-30(24)34)22-5-6-23-20-42(14-8-21(23)17-22)32-38-11-7-25(39-32)26-19-36-12-13-37-26/h5-7,11-13,17,19H,4,8-10,14-16,18,20H2,1-3H3,(H2,35,40). The zero-order valence-corrected chi connectivity index (χ0v) is 26.1. The second-order valence-electron chi connectivity index (χ2n) is 12.1. The van der Waals surface area contributed by atoms with Gasteiger partial charge in [0.2, 0.25) is 5.95 Å². The van der Waals surface area contributed by atoms with E-state index >= 15 is 0 Å². The molecule has 0 unspecified atom stereocenters. The minimum absolute atomic E-state index is 0.0374. The number of pyridine rings is 1. The fourth-order valence-electron chi connectivity index (χ4n) is 6.04. The average molecular weight is 613 g/mol. The molecule has 6 rings (SSSR count). The number of fused-ring (bicyclic) bond motifs is 1. The molecule has 228 valence electrons. The summed E-state index contributed by atoms with van der Waals surface area (Å²) in [6, 6.07) is 8.28. The first-order valence-electron chi connectivity index (χ1n) is 15.1. The lowest BCUT2D eigenvalue weighted by atomic mass is 9.82. The lowest BCUT2D eigenvalue weighted by molar-refractivity contribution is -0.142. The van der Waals surface area contributed by atoms with Gasteiger partial charge in [0.1, 0.15) is 16.7 Å². The molecule has 0 amide bonds. The number of nitrogens with zero attached hydrogens (tertiary/aromatic N) is 7. The highest BCUT2D eigenvalue weighted by atomic mass is 35.5. The van der Waals surface area contributed by atoms with Crippen molar-refractivity contribution < 1.29 is 9.53 Å². The number of hydrogen-bond acceptors (Lipinski definition) is 10. The molecule has 44 heavy (non-hydrogen) atoms. The van der Waals surface area contributed by atoms with Crippen LogP contribution in [0.3, 0.4) is 0 Å². The third kappa shape index (κ3) is 6.17. The number of hydrogen-bond donors (Lipinski definition) is 1. The van der Waals surface area contributed by atoms with Crippen molar-refractivity contribution in [3.8, 4) is 22.5 Å². The number of ether oxygens (including phenoxy) is 1. The molecule has 10 nitrogen and oxygen atoms in total.